The van der Waals surface area contributed by atoms with Gasteiger partial charge in [0.2, 0.25) is 5.43 Å². The van der Waals surface area contributed by atoms with Crippen LogP contribution in [-0.4, -0.2) is 71.7 Å². The predicted molar refractivity (Wildman–Crippen MR) is 116 cm³/mol. The summed E-state index contributed by atoms with van der Waals surface area (Å²) in [5.41, 5.74) is 0.0866. The second-order valence-electron chi connectivity index (χ2n) is 8.50. The Bertz CT molecular complexity index is 955. The van der Waals surface area contributed by atoms with Gasteiger partial charge in [0.15, 0.2) is 0 Å². The summed E-state index contributed by atoms with van der Waals surface area (Å²) in [6, 6.07) is 7.13. The molecular weight excluding hydrogens is 384 g/mol. The number of rotatable bonds is 5. The zero-order valence-electron chi connectivity index (χ0n) is 17.9. The van der Waals surface area contributed by atoms with Crippen molar-refractivity contribution in [1.29, 1.82) is 0 Å². The first-order valence-electron chi connectivity index (χ1n) is 10.3. The number of aromatic amines is 1. The Morgan fingerprint density at radius 2 is 1.83 bits per heavy atom. The minimum atomic E-state index is -0.487. The van der Waals surface area contributed by atoms with Crippen molar-refractivity contribution in [3.05, 3.63) is 46.2 Å². The van der Waals surface area contributed by atoms with E-state index in [1.165, 1.54) is 6.20 Å². The van der Waals surface area contributed by atoms with Crippen molar-refractivity contribution >= 4 is 22.9 Å². The molecule has 1 aromatic carbocycles. The lowest BCUT2D eigenvalue weighted by molar-refractivity contribution is 0.0144. The van der Waals surface area contributed by atoms with E-state index < -0.39 is 5.60 Å². The van der Waals surface area contributed by atoms with Crippen molar-refractivity contribution in [3.63, 3.8) is 0 Å². The van der Waals surface area contributed by atoms with Gasteiger partial charge in [-0.05, 0) is 45.9 Å². The van der Waals surface area contributed by atoms with Gasteiger partial charge >= 0.3 is 6.09 Å². The fourth-order valence-corrected chi connectivity index (χ4v) is 3.42. The molecule has 2 heterocycles. The number of carbonyl (C=O) groups is 2. The number of fused-ring (bicyclic) bond motifs is 1. The summed E-state index contributed by atoms with van der Waals surface area (Å²) in [6.07, 6.45) is 1.97. The summed E-state index contributed by atoms with van der Waals surface area (Å²) in [4.78, 5) is 44.0. The van der Waals surface area contributed by atoms with Crippen LogP contribution in [0.25, 0.3) is 10.9 Å². The van der Waals surface area contributed by atoms with Crippen molar-refractivity contribution in [2.24, 2.45) is 0 Å². The van der Waals surface area contributed by atoms with Gasteiger partial charge in [0.1, 0.15) is 11.2 Å². The van der Waals surface area contributed by atoms with Crippen LogP contribution in [0.5, 0.6) is 0 Å². The third-order valence-electron chi connectivity index (χ3n) is 4.99. The first-order valence-corrected chi connectivity index (χ1v) is 10.3. The van der Waals surface area contributed by atoms with Crippen molar-refractivity contribution in [2.75, 3.05) is 39.3 Å². The molecule has 3 rings (SSSR count). The Morgan fingerprint density at radius 3 is 2.53 bits per heavy atom. The minimum Gasteiger partial charge on any atom is -0.444 e. The van der Waals surface area contributed by atoms with Crippen LogP contribution >= 0.6 is 0 Å². The average Bonchev–Trinajstić information content (AvgIpc) is 2.70. The third-order valence-corrected chi connectivity index (χ3v) is 4.99. The van der Waals surface area contributed by atoms with Crippen LogP contribution < -0.4 is 10.7 Å². The van der Waals surface area contributed by atoms with Gasteiger partial charge in [-0.1, -0.05) is 12.1 Å². The fraction of sp³-hybridized carbons (Fsp3) is 0.500. The lowest BCUT2D eigenvalue weighted by atomic mass is 10.1. The smallest absolute Gasteiger partial charge is 0.410 e. The first kappa shape index (κ1) is 21.8. The largest absolute Gasteiger partial charge is 0.444 e. The highest BCUT2D eigenvalue weighted by Gasteiger charge is 2.25. The number of carbonyl (C=O) groups excluding carboxylic acids is 2. The second-order valence-corrected chi connectivity index (χ2v) is 8.50. The molecule has 8 heteroatoms. The van der Waals surface area contributed by atoms with Gasteiger partial charge in [0, 0.05) is 49.8 Å². The van der Waals surface area contributed by atoms with Gasteiger partial charge in [0.25, 0.3) is 5.91 Å². The number of benzene rings is 1. The van der Waals surface area contributed by atoms with E-state index in [4.69, 9.17) is 4.74 Å². The van der Waals surface area contributed by atoms with E-state index in [1.807, 2.05) is 26.8 Å². The van der Waals surface area contributed by atoms with Crippen LogP contribution in [-0.2, 0) is 4.74 Å². The second kappa shape index (κ2) is 9.30. The maximum Gasteiger partial charge on any atom is 0.410 e. The zero-order chi connectivity index (χ0) is 21.7. The molecule has 0 aliphatic carbocycles. The van der Waals surface area contributed by atoms with Crippen LogP contribution in [0.4, 0.5) is 4.79 Å². The minimum absolute atomic E-state index is 0.125. The maximum absolute atomic E-state index is 12.5. The zero-order valence-corrected chi connectivity index (χ0v) is 17.9. The molecule has 1 aliphatic heterocycles. The van der Waals surface area contributed by atoms with Gasteiger partial charge in [-0.15, -0.1) is 0 Å². The van der Waals surface area contributed by atoms with E-state index in [-0.39, 0.29) is 23.0 Å². The van der Waals surface area contributed by atoms with Crippen LogP contribution in [0.1, 0.15) is 37.6 Å². The molecule has 1 fully saturated rings. The van der Waals surface area contributed by atoms with E-state index >= 15 is 0 Å². The summed E-state index contributed by atoms with van der Waals surface area (Å²) < 4.78 is 5.41. The molecule has 0 bridgehead atoms. The molecule has 8 nitrogen and oxygen atoms in total. The van der Waals surface area contributed by atoms with Gasteiger partial charge in [-0.25, -0.2) is 4.79 Å². The lowest BCUT2D eigenvalue weighted by Crippen LogP contribution is -2.50. The molecule has 162 valence electrons. The molecular formula is C22H30N4O4. The predicted octanol–water partition coefficient (Wildman–Crippen LogP) is 2.20. The van der Waals surface area contributed by atoms with Crippen LogP contribution in [0.3, 0.4) is 0 Å². The Kier molecular flexibility index (Phi) is 6.77. The van der Waals surface area contributed by atoms with Crippen molar-refractivity contribution in [3.8, 4) is 0 Å². The molecule has 2 aromatic rings. The number of hydrogen-bond acceptors (Lipinski definition) is 5. The van der Waals surface area contributed by atoms with Gasteiger partial charge in [0.05, 0.1) is 0 Å². The molecule has 2 amide bonds. The quantitative estimate of drug-likeness (QED) is 0.732. The molecule has 1 aromatic heterocycles. The van der Waals surface area contributed by atoms with E-state index in [1.54, 1.807) is 23.1 Å². The van der Waals surface area contributed by atoms with E-state index in [2.05, 4.69) is 15.2 Å². The summed E-state index contributed by atoms with van der Waals surface area (Å²) in [7, 11) is 0. The summed E-state index contributed by atoms with van der Waals surface area (Å²) in [5.74, 6) is -0.364. The molecule has 0 atom stereocenters. The standard InChI is InChI=1S/C22H30N4O4/c1-22(2,3)30-21(29)26-13-11-25(12-14-26)10-6-9-23-20(28)17-15-24-18-8-5-4-7-16(18)19(17)27/h4-5,7-8,15H,6,9-14H2,1-3H3,(H,23,28)(H,24,27). The lowest BCUT2D eigenvalue weighted by Gasteiger charge is -2.35. The van der Waals surface area contributed by atoms with Crippen molar-refractivity contribution in [1.82, 2.24) is 20.1 Å². The molecule has 2 N–H and O–H groups in total. The van der Waals surface area contributed by atoms with Gasteiger partial charge in [-0.2, -0.15) is 0 Å². The Balaban J connectivity index is 1.41. The van der Waals surface area contributed by atoms with Crippen molar-refractivity contribution in [2.45, 2.75) is 32.8 Å². The summed E-state index contributed by atoms with van der Waals surface area (Å²) in [5, 5.41) is 3.33. The Hall–Kier alpha value is -2.87. The fourth-order valence-electron chi connectivity index (χ4n) is 3.42. The third kappa shape index (κ3) is 5.60. The van der Waals surface area contributed by atoms with Gasteiger partial charge < -0.3 is 19.9 Å². The van der Waals surface area contributed by atoms with Crippen LogP contribution in [0, 0.1) is 0 Å². The highest BCUT2D eigenvalue weighted by atomic mass is 16.6. The maximum atomic E-state index is 12.5. The SMILES string of the molecule is CC(C)(C)OC(=O)N1CCN(CCCNC(=O)c2c[nH]c3ccccc3c2=O)CC1. The van der Waals surface area contributed by atoms with E-state index in [0.717, 1.165) is 26.1 Å². The summed E-state index contributed by atoms with van der Waals surface area (Å²) in [6.45, 7) is 9.70. The van der Waals surface area contributed by atoms with Crippen LogP contribution in [0.15, 0.2) is 35.3 Å². The molecule has 0 unspecified atom stereocenters. The molecule has 1 aliphatic rings. The highest BCUT2D eigenvalue weighted by molar-refractivity contribution is 5.97. The van der Waals surface area contributed by atoms with E-state index in [9.17, 15) is 14.4 Å². The average molecular weight is 415 g/mol. The van der Waals surface area contributed by atoms with Gasteiger partial charge in [-0.3, -0.25) is 14.5 Å². The van der Waals surface area contributed by atoms with E-state index in [0.29, 0.717) is 30.5 Å². The molecule has 0 radical (unpaired) electrons. The number of piperazine rings is 1. The summed E-state index contributed by atoms with van der Waals surface area (Å²) >= 11 is 0. The number of para-hydroxylation sites is 1. The number of aromatic nitrogens is 1. The molecule has 1 saturated heterocycles. The monoisotopic (exact) mass is 414 g/mol. The number of H-pyrrole nitrogens is 1. The number of nitrogens with one attached hydrogen (secondary N) is 2. The molecule has 30 heavy (non-hydrogen) atoms. The number of nitrogens with zero attached hydrogens (tertiary/aromatic N) is 2. The number of ether oxygens (including phenoxy) is 1. The van der Waals surface area contributed by atoms with Crippen LogP contribution in [0.2, 0.25) is 0 Å². The highest BCUT2D eigenvalue weighted by Crippen LogP contribution is 2.12. The number of amides is 2. The molecule has 0 saturated carbocycles. The molecule has 0 spiro atoms. The number of hydrogen-bond donors (Lipinski definition) is 2. The topological polar surface area (TPSA) is 94.7 Å². The van der Waals surface area contributed by atoms with Crippen molar-refractivity contribution < 1.29 is 14.3 Å². The number of pyridine rings is 1. The first-order chi connectivity index (χ1) is 14.2. The Labute approximate surface area is 176 Å². The normalized spacial score (nSPS) is 15.2. The Morgan fingerprint density at radius 1 is 1.13 bits per heavy atom.